The molecule has 0 aromatic heterocycles. The fraction of sp³-hybridized carbons (Fsp3) is 0.419. The van der Waals surface area contributed by atoms with Crippen LogP contribution in [-0.2, 0) is 46.5 Å². The Bertz CT molecular complexity index is 1370. The number of aromatic hydroxyl groups is 1. The van der Waals surface area contributed by atoms with E-state index < -0.39 is 78.5 Å². The molecule has 0 aliphatic heterocycles. The van der Waals surface area contributed by atoms with Crippen molar-refractivity contribution in [2.45, 2.75) is 71.3 Å². The number of Topliss-reactive ketones (excluding diaryl/α,β-unsaturated/α-hetero) is 1. The summed E-state index contributed by atoms with van der Waals surface area (Å²) in [5.41, 5.74) is 1.27. The molecule has 0 bridgehead atoms. The molecule has 0 spiro atoms. The number of carboxylic acids is 1. The van der Waals surface area contributed by atoms with E-state index >= 15 is 0 Å². The van der Waals surface area contributed by atoms with Crippen molar-refractivity contribution in [2.24, 2.45) is 5.92 Å². The van der Waals surface area contributed by atoms with Gasteiger partial charge in [-0.2, -0.15) is 0 Å². The van der Waals surface area contributed by atoms with Crippen LogP contribution in [0.2, 0.25) is 5.02 Å². The lowest BCUT2D eigenvalue weighted by Gasteiger charge is -2.27. The number of ether oxygens (including phenoxy) is 1. The molecule has 0 radical (unpaired) electrons. The van der Waals surface area contributed by atoms with Crippen molar-refractivity contribution in [3.05, 3.63) is 64.7 Å². The fourth-order valence-electron chi connectivity index (χ4n) is 4.17. The van der Waals surface area contributed by atoms with Crippen LogP contribution >= 0.6 is 11.6 Å². The van der Waals surface area contributed by atoms with Gasteiger partial charge in [0.15, 0.2) is 5.78 Å². The number of carboxylic acid groups (broad SMARTS) is 1. The van der Waals surface area contributed by atoms with E-state index in [2.05, 4.69) is 21.3 Å². The van der Waals surface area contributed by atoms with Gasteiger partial charge in [0.05, 0.1) is 13.0 Å². The van der Waals surface area contributed by atoms with Crippen LogP contribution in [0.15, 0.2) is 48.5 Å². The largest absolute Gasteiger partial charge is 0.508 e. The first kappa shape index (κ1) is 36.7. The molecule has 13 nitrogen and oxygen atoms in total. The number of nitrogens with one attached hydrogen (secondary N) is 4. The summed E-state index contributed by atoms with van der Waals surface area (Å²) in [6.07, 6.45) is -0.630. The molecule has 4 amide bonds. The molecule has 14 heteroatoms. The lowest BCUT2D eigenvalue weighted by Crippen LogP contribution is -2.58. The highest BCUT2D eigenvalue weighted by molar-refractivity contribution is 6.31. The lowest BCUT2D eigenvalue weighted by atomic mass is 10.0. The Kier molecular flexibility index (Phi) is 14.4. The van der Waals surface area contributed by atoms with E-state index in [1.165, 1.54) is 26.0 Å². The first-order valence-electron chi connectivity index (χ1n) is 14.2. The third kappa shape index (κ3) is 12.6. The molecular weight excluding hydrogens is 608 g/mol. The maximum Gasteiger partial charge on any atom is 0.305 e. The van der Waals surface area contributed by atoms with Crippen LogP contribution in [0.4, 0.5) is 0 Å². The molecule has 0 heterocycles. The second-order valence-electron chi connectivity index (χ2n) is 10.8. The highest BCUT2D eigenvalue weighted by Gasteiger charge is 2.31. The summed E-state index contributed by atoms with van der Waals surface area (Å²) < 4.78 is 5.39. The number of halogens is 1. The molecule has 2 unspecified atom stereocenters. The highest BCUT2D eigenvalue weighted by Crippen LogP contribution is 2.16. The SMILES string of the molecule is CC(=O)NC(Cc1ccc(O)cc1)C(=O)N[C@H](C(=O)NC(C)C(=O)N[C@@H](CC(=O)O)C(=O)COCc1ccccc1Cl)C(C)C. The van der Waals surface area contributed by atoms with E-state index in [1.807, 2.05) is 0 Å². The number of carbonyl (C=O) groups is 6. The summed E-state index contributed by atoms with van der Waals surface area (Å²) in [7, 11) is 0. The zero-order valence-electron chi connectivity index (χ0n) is 25.5. The maximum absolute atomic E-state index is 13.2. The second kappa shape index (κ2) is 17.7. The van der Waals surface area contributed by atoms with Gasteiger partial charge in [-0.05, 0) is 42.2 Å². The second-order valence-corrected chi connectivity index (χ2v) is 11.2. The minimum atomic E-state index is -1.43. The number of amides is 4. The van der Waals surface area contributed by atoms with Gasteiger partial charge >= 0.3 is 5.97 Å². The van der Waals surface area contributed by atoms with Crippen LogP contribution in [0.1, 0.15) is 45.2 Å². The zero-order chi connectivity index (χ0) is 33.7. The predicted molar refractivity (Wildman–Crippen MR) is 164 cm³/mol. The van der Waals surface area contributed by atoms with Gasteiger partial charge in [0, 0.05) is 18.4 Å². The quantitative estimate of drug-likeness (QED) is 0.147. The molecule has 2 rings (SSSR count). The van der Waals surface area contributed by atoms with E-state index in [-0.39, 0.29) is 18.8 Å². The van der Waals surface area contributed by atoms with Gasteiger partial charge < -0.3 is 36.2 Å². The molecule has 0 saturated carbocycles. The van der Waals surface area contributed by atoms with Crippen molar-refractivity contribution in [1.29, 1.82) is 0 Å². The van der Waals surface area contributed by atoms with Gasteiger partial charge in [0.1, 0.15) is 36.5 Å². The Morgan fingerprint density at radius 2 is 1.47 bits per heavy atom. The third-order valence-corrected chi connectivity index (χ3v) is 6.98. The van der Waals surface area contributed by atoms with Crippen molar-refractivity contribution < 1.29 is 43.7 Å². The molecule has 2 aromatic rings. The number of benzene rings is 2. The van der Waals surface area contributed by atoms with E-state index in [1.54, 1.807) is 50.2 Å². The van der Waals surface area contributed by atoms with Gasteiger partial charge in [-0.15, -0.1) is 0 Å². The van der Waals surface area contributed by atoms with Crippen LogP contribution in [-0.4, -0.2) is 76.4 Å². The van der Waals surface area contributed by atoms with E-state index in [0.29, 0.717) is 16.1 Å². The summed E-state index contributed by atoms with van der Waals surface area (Å²) in [5.74, 6) is -5.08. The molecule has 0 aliphatic rings. The summed E-state index contributed by atoms with van der Waals surface area (Å²) >= 11 is 6.08. The molecule has 0 saturated heterocycles. The topological polar surface area (TPSA) is 200 Å². The number of hydrogen-bond donors (Lipinski definition) is 6. The van der Waals surface area contributed by atoms with Gasteiger partial charge in [0.2, 0.25) is 23.6 Å². The summed E-state index contributed by atoms with van der Waals surface area (Å²) in [6, 6.07) is 8.10. The van der Waals surface area contributed by atoms with Crippen LogP contribution in [0.3, 0.4) is 0 Å². The smallest absolute Gasteiger partial charge is 0.305 e. The van der Waals surface area contributed by atoms with Gasteiger partial charge in [0.25, 0.3) is 0 Å². The Labute approximate surface area is 266 Å². The summed E-state index contributed by atoms with van der Waals surface area (Å²) in [6.45, 7) is 5.43. The summed E-state index contributed by atoms with van der Waals surface area (Å²) in [4.78, 5) is 75.1. The zero-order valence-corrected chi connectivity index (χ0v) is 26.2. The summed E-state index contributed by atoms with van der Waals surface area (Å²) in [5, 5.41) is 29.2. The number of aliphatic carboxylic acids is 1. The lowest BCUT2D eigenvalue weighted by molar-refractivity contribution is -0.141. The maximum atomic E-state index is 13.2. The highest BCUT2D eigenvalue weighted by atomic mass is 35.5. The Morgan fingerprint density at radius 3 is 2.04 bits per heavy atom. The number of rotatable bonds is 17. The number of ketones is 1. The molecule has 45 heavy (non-hydrogen) atoms. The number of hydrogen-bond acceptors (Lipinski definition) is 8. The number of phenolic OH excluding ortho intramolecular Hbond substituents is 1. The van der Waals surface area contributed by atoms with Gasteiger partial charge in [-0.3, -0.25) is 28.8 Å². The Morgan fingerprint density at radius 1 is 0.822 bits per heavy atom. The molecule has 0 fully saturated rings. The number of phenols is 1. The van der Waals surface area contributed by atoms with Crippen molar-refractivity contribution in [1.82, 2.24) is 21.3 Å². The normalized spacial score (nSPS) is 13.6. The predicted octanol–water partition coefficient (Wildman–Crippen LogP) is 1.48. The Balaban J connectivity index is 2.03. The van der Waals surface area contributed by atoms with Crippen LogP contribution < -0.4 is 21.3 Å². The van der Waals surface area contributed by atoms with E-state index in [9.17, 15) is 39.0 Å². The molecular formula is C31H39ClN4O9. The van der Waals surface area contributed by atoms with Crippen molar-refractivity contribution in [2.75, 3.05) is 6.61 Å². The van der Waals surface area contributed by atoms with Gasteiger partial charge in [-0.1, -0.05) is 55.8 Å². The minimum Gasteiger partial charge on any atom is -0.508 e. The average Bonchev–Trinajstić information content (AvgIpc) is 2.96. The molecule has 6 N–H and O–H groups in total. The minimum absolute atomic E-state index is 0.00828. The van der Waals surface area contributed by atoms with Gasteiger partial charge in [-0.25, -0.2) is 0 Å². The van der Waals surface area contributed by atoms with Crippen molar-refractivity contribution in [3.63, 3.8) is 0 Å². The monoisotopic (exact) mass is 646 g/mol. The molecule has 2 aromatic carbocycles. The first-order valence-corrected chi connectivity index (χ1v) is 14.6. The van der Waals surface area contributed by atoms with Crippen molar-refractivity contribution in [3.8, 4) is 5.75 Å². The van der Waals surface area contributed by atoms with Crippen molar-refractivity contribution >= 4 is 47.0 Å². The third-order valence-electron chi connectivity index (χ3n) is 6.61. The number of carbonyl (C=O) groups excluding carboxylic acids is 5. The fourth-order valence-corrected chi connectivity index (χ4v) is 4.36. The van der Waals surface area contributed by atoms with E-state index in [4.69, 9.17) is 16.3 Å². The standard InChI is InChI=1S/C31H39ClN4O9/c1-17(2)28(36-30(43)25(34-19(4)37)13-20-9-11-22(38)12-10-20)31(44)33-18(3)29(42)35-24(14-27(40)41)26(39)16-45-15-21-7-5-6-8-23(21)32/h5-12,17-18,24-25,28,38H,13-16H2,1-4H3,(H,33,44)(H,34,37)(H,35,42)(H,36,43)(H,40,41)/t18?,24-,25?,28-/m0/s1. The van der Waals surface area contributed by atoms with E-state index in [0.717, 1.165) is 0 Å². The molecule has 0 aliphatic carbocycles. The molecule has 244 valence electrons. The average molecular weight is 647 g/mol. The van der Waals surface area contributed by atoms with Crippen LogP contribution in [0.25, 0.3) is 0 Å². The van der Waals surface area contributed by atoms with Crippen LogP contribution in [0.5, 0.6) is 5.75 Å². The first-order chi connectivity index (χ1) is 21.2. The molecule has 4 atom stereocenters. The Hall–Kier alpha value is -4.49. The van der Waals surface area contributed by atoms with Crippen LogP contribution in [0, 0.1) is 5.92 Å².